The molecule has 8 heteroatoms. The number of hydrogen-bond acceptors (Lipinski definition) is 5. The second kappa shape index (κ2) is 8.03. The predicted molar refractivity (Wildman–Crippen MR) is 104 cm³/mol. The lowest BCUT2D eigenvalue weighted by atomic mass is 9.85. The van der Waals surface area contributed by atoms with Gasteiger partial charge in [0.1, 0.15) is 12.7 Å². The molecular formula is C20H27F2N5O. The van der Waals surface area contributed by atoms with Gasteiger partial charge in [0.15, 0.2) is 0 Å². The van der Waals surface area contributed by atoms with Crippen LogP contribution in [0, 0.1) is 11.3 Å². The van der Waals surface area contributed by atoms with Crippen LogP contribution in [-0.4, -0.2) is 47.0 Å². The number of rotatable bonds is 8. The maximum Gasteiger partial charge on any atom is 0.248 e. The maximum atomic E-state index is 13.2. The Bertz CT molecular complexity index is 736. The number of anilines is 2. The minimum Gasteiger partial charge on any atom is -0.385 e. The third-order valence-electron chi connectivity index (χ3n) is 5.76. The summed E-state index contributed by atoms with van der Waals surface area (Å²) in [6.07, 6.45) is 4.49. The highest BCUT2D eigenvalue weighted by molar-refractivity contribution is 5.53. The van der Waals surface area contributed by atoms with E-state index in [9.17, 15) is 8.78 Å². The lowest BCUT2D eigenvalue weighted by Gasteiger charge is -2.41. The van der Waals surface area contributed by atoms with Gasteiger partial charge in [0.2, 0.25) is 5.92 Å². The first-order valence-corrected chi connectivity index (χ1v) is 9.88. The Balaban J connectivity index is 1.23. The third-order valence-corrected chi connectivity index (χ3v) is 5.76. The number of benzene rings is 1. The Labute approximate surface area is 163 Å². The molecule has 6 nitrogen and oxygen atoms in total. The molecular weight excluding hydrogens is 364 g/mol. The van der Waals surface area contributed by atoms with Crippen LogP contribution in [0.3, 0.4) is 0 Å². The Hall–Kier alpha value is -2.22. The van der Waals surface area contributed by atoms with Crippen LogP contribution in [0.25, 0.3) is 0 Å². The molecule has 0 bridgehead atoms. The monoisotopic (exact) mass is 391 g/mol. The number of ether oxygens (including phenoxy) is 1. The molecule has 0 atom stereocenters. The molecule has 1 saturated heterocycles. The van der Waals surface area contributed by atoms with Gasteiger partial charge in [-0.25, -0.2) is 13.8 Å². The number of aromatic nitrogens is 3. The van der Waals surface area contributed by atoms with E-state index in [0.717, 1.165) is 31.0 Å². The molecule has 2 aromatic rings. The maximum absolute atomic E-state index is 13.2. The van der Waals surface area contributed by atoms with Crippen molar-refractivity contribution in [3.8, 4) is 0 Å². The summed E-state index contributed by atoms with van der Waals surface area (Å²) < 4.78 is 33.8. The molecule has 0 radical (unpaired) electrons. The molecule has 1 aromatic carbocycles. The van der Waals surface area contributed by atoms with Gasteiger partial charge in [0.05, 0.1) is 25.2 Å². The van der Waals surface area contributed by atoms with Crippen LogP contribution in [0.2, 0.25) is 0 Å². The van der Waals surface area contributed by atoms with Gasteiger partial charge in [-0.1, -0.05) is 0 Å². The molecule has 2 N–H and O–H groups in total. The molecule has 0 spiro atoms. The Kier molecular flexibility index (Phi) is 5.48. The van der Waals surface area contributed by atoms with E-state index in [1.165, 1.54) is 0 Å². The van der Waals surface area contributed by atoms with E-state index in [1.54, 1.807) is 12.7 Å². The SMILES string of the molecule is FC1(F)CCC(CNc2ccc(NCC3(Cn4cncn4)COC3)cc2)CC1. The Morgan fingerprint density at radius 1 is 1.07 bits per heavy atom. The van der Waals surface area contributed by atoms with Crippen LogP contribution >= 0.6 is 0 Å². The van der Waals surface area contributed by atoms with Crippen LogP contribution < -0.4 is 10.6 Å². The van der Waals surface area contributed by atoms with Crippen LogP contribution in [0.15, 0.2) is 36.9 Å². The zero-order chi connectivity index (χ0) is 19.5. The zero-order valence-electron chi connectivity index (χ0n) is 15.9. The number of halogens is 2. The lowest BCUT2D eigenvalue weighted by molar-refractivity contribution is -0.114. The van der Waals surface area contributed by atoms with Crippen LogP contribution in [-0.2, 0) is 11.3 Å². The van der Waals surface area contributed by atoms with Gasteiger partial charge in [-0.05, 0) is 43.0 Å². The number of nitrogens with zero attached hydrogens (tertiary/aromatic N) is 3. The van der Waals surface area contributed by atoms with Crippen molar-refractivity contribution in [3.63, 3.8) is 0 Å². The first kappa shape index (κ1) is 19.1. The third kappa shape index (κ3) is 4.79. The molecule has 4 rings (SSSR count). The summed E-state index contributed by atoms with van der Waals surface area (Å²) >= 11 is 0. The second-order valence-electron chi connectivity index (χ2n) is 8.20. The van der Waals surface area contributed by atoms with Gasteiger partial charge < -0.3 is 15.4 Å². The number of nitrogens with one attached hydrogen (secondary N) is 2. The highest BCUT2D eigenvalue weighted by atomic mass is 19.3. The Morgan fingerprint density at radius 3 is 2.32 bits per heavy atom. The first-order chi connectivity index (χ1) is 13.5. The van der Waals surface area contributed by atoms with E-state index in [4.69, 9.17) is 4.74 Å². The summed E-state index contributed by atoms with van der Waals surface area (Å²) in [5, 5.41) is 11.1. The molecule has 0 amide bonds. The summed E-state index contributed by atoms with van der Waals surface area (Å²) in [5.41, 5.74) is 2.10. The van der Waals surface area contributed by atoms with Crippen LogP contribution in [0.5, 0.6) is 0 Å². The van der Waals surface area contributed by atoms with E-state index >= 15 is 0 Å². The van der Waals surface area contributed by atoms with Crippen molar-refractivity contribution in [1.82, 2.24) is 14.8 Å². The summed E-state index contributed by atoms with van der Waals surface area (Å²) in [7, 11) is 0. The molecule has 1 aliphatic heterocycles. The van der Waals surface area contributed by atoms with E-state index in [0.29, 0.717) is 32.0 Å². The fourth-order valence-corrected chi connectivity index (χ4v) is 3.86. The average molecular weight is 391 g/mol. The normalized spacial score (nSPS) is 21.1. The zero-order valence-corrected chi connectivity index (χ0v) is 15.9. The van der Waals surface area contributed by atoms with Crippen molar-refractivity contribution >= 4 is 11.4 Å². The molecule has 2 fully saturated rings. The average Bonchev–Trinajstić information content (AvgIpc) is 3.17. The van der Waals surface area contributed by atoms with Gasteiger partial charge in [0.25, 0.3) is 0 Å². The lowest BCUT2D eigenvalue weighted by Crippen LogP contribution is -2.50. The van der Waals surface area contributed by atoms with Gasteiger partial charge in [0, 0.05) is 37.3 Å². The second-order valence-corrected chi connectivity index (χ2v) is 8.20. The molecule has 28 heavy (non-hydrogen) atoms. The molecule has 1 saturated carbocycles. The van der Waals surface area contributed by atoms with E-state index in [-0.39, 0.29) is 18.3 Å². The van der Waals surface area contributed by atoms with Gasteiger partial charge in [-0.3, -0.25) is 4.68 Å². The van der Waals surface area contributed by atoms with E-state index < -0.39 is 5.92 Å². The molecule has 1 aliphatic carbocycles. The van der Waals surface area contributed by atoms with Gasteiger partial charge in [-0.15, -0.1) is 0 Å². The molecule has 2 heterocycles. The quantitative estimate of drug-likeness (QED) is 0.719. The molecule has 1 aromatic heterocycles. The van der Waals surface area contributed by atoms with E-state index in [2.05, 4.69) is 20.7 Å². The summed E-state index contributed by atoms with van der Waals surface area (Å²) in [4.78, 5) is 4.00. The largest absolute Gasteiger partial charge is 0.385 e. The van der Waals surface area contributed by atoms with Crippen LogP contribution in [0.1, 0.15) is 25.7 Å². The topological polar surface area (TPSA) is 64.0 Å². The fraction of sp³-hybridized carbons (Fsp3) is 0.600. The van der Waals surface area contributed by atoms with E-state index in [1.807, 2.05) is 28.9 Å². The first-order valence-electron chi connectivity index (χ1n) is 9.88. The number of alkyl halides is 2. The van der Waals surface area contributed by atoms with Crippen molar-refractivity contribution in [3.05, 3.63) is 36.9 Å². The summed E-state index contributed by atoms with van der Waals surface area (Å²) in [5.74, 6) is -2.13. The fourth-order valence-electron chi connectivity index (χ4n) is 3.86. The van der Waals surface area contributed by atoms with Crippen molar-refractivity contribution < 1.29 is 13.5 Å². The summed E-state index contributed by atoms with van der Waals surface area (Å²) in [6, 6.07) is 8.14. The molecule has 0 unspecified atom stereocenters. The predicted octanol–water partition coefficient (Wildman–Crippen LogP) is 3.64. The number of hydrogen-bond donors (Lipinski definition) is 2. The van der Waals surface area contributed by atoms with Gasteiger partial charge >= 0.3 is 0 Å². The minimum atomic E-state index is -2.46. The standard InChI is InChI=1S/C20H27F2N5O/c21-20(22)7-5-16(6-8-20)9-24-17-1-3-18(4-2-17)25-10-19(12-28-13-19)11-27-15-23-14-26-27/h1-4,14-16,24-25H,5-13H2. The highest BCUT2D eigenvalue weighted by Crippen LogP contribution is 2.36. The van der Waals surface area contributed by atoms with Crippen molar-refractivity contribution in [2.24, 2.45) is 11.3 Å². The van der Waals surface area contributed by atoms with Crippen molar-refractivity contribution in [2.75, 3.05) is 36.9 Å². The smallest absolute Gasteiger partial charge is 0.248 e. The molecule has 2 aliphatic rings. The Morgan fingerprint density at radius 2 is 1.75 bits per heavy atom. The molecule has 152 valence electrons. The minimum absolute atomic E-state index is 0.0161. The summed E-state index contributed by atoms with van der Waals surface area (Å²) in [6.45, 7) is 3.75. The van der Waals surface area contributed by atoms with Gasteiger partial charge in [-0.2, -0.15) is 5.10 Å². The van der Waals surface area contributed by atoms with Crippen molar-refractivity contribution in [2.45, 2.75) is 38.2 Å². The van der Waals surface area contributed by atoms with Crippen LogP contribution in [0.4, 0.5) is 20.2 Å². The highest BCUT2D eigenvalue weighted by Gasteiger charge is 2.39. The van der Waals surface area contributed by atoms with Crippen molar-refractivity contribution in [1.29, 1.82) is 0 Å².